The third-order valence-corrected chi connectivity index (χ3v) is 3.46. The topological polar surface area (TPSA) is 65.1 Å². The molecule has 102 valence electrons. The largest absolute Gasteiger partial charge is 0.394 e. The SMILES string of the molecule is CCCc1nn(C)c(NCC2CCCOC2)c1N. The summed E-state index contributed by atoms with van der Waals surface area (Å²) < 4.78 is 7.33. The van der Waals surface area contributed by atoms with Gasteiger partial charge in [0.2, 0.25) is 0 Å². The maximum absolute atomic E-state index is 6.13. The van der Waals surface area contributed by atoms with E-state index in [9.17, 15) is 0 Å². The van der Waals surface area contributed by atoms with E-state index in [2.05, 4.69) is 17.3 Å². The molecule has 1 saturated heterocycles. The van der Waals surface area contributed by atoms with Gasteiger partial charge in [-0.05, 0) is 25.2 Å². The molecule has 5 nitrogen and oxygen atoms in total. The molecule has 5 heteroatoms. The molecule has 1 fully saturated rings. The number of nitrogens with zero attached hydrogens (tertiary/aromatic N) is 2. The van der Waals surface area contributed by atoms with Crippen LogP contribution in [0.25, 0.3) is 0 Å². The summed E-state index contributed by atoms with van der Waals surface area (Å²) in [6.07, 6.45) is 4.39. The first-order valence-electron chi connectivity index (χ1n) is 6.85. The minimum Gasteiger partial charge on any atom is -0.394 e. The fourth-order valence-corrected chi connectivity index (χ4v) is 2.44. The Hall–Kier alpha value is -1.23. The van der Waals surface area contributed by atoms with Crippen LogP contribution in [-0.4, -0.2) is 29.5 Å². The Balaban J connectivity index is 1.95. The first-order chi connectivity index (χ1) is 8.72. The van der Waals surface area contributed by atoms with Crippen molar-refractivity contribution in [2.75, 3.05) is 30.8 Å². The maximum Gasteiger partial charge on any atom is 0.147 e. The van der Waals surface area contributed by atoms with Gasteiger partial charge in [-0.1, -0.05) is 13.3 Å². The lowest BCUT2D eigenvalue weighted by Crippen LogP contribution is -2.25. The molecule has 0 aliphatic carbocycles. The first-order valence-corrected chi connectivity index (χ1v) is 6.85. The number of hydrogen-bond acceptors (Lipinski definition) is 4. The quantitative estimate of drug-likeness (QED) is 0.838. The summed E-state index contributed by atoms with van der Waals surface area (Å²) in [6.45, 7) is 4.81. The zero-order chi connectivity index (χ0) is 13.0. The second-order valence-electron chi connectivity index (χ2n) is 5.05. The second-order valence-corrected chi connectivity index (χ2v) is 5.05. The number of anilines is 2. The van der Waals surface area contributed by atoms with Crippen molar-refractivity contribution < 1.29 is 4.74 Å². The van der Waals surface area contributed by atoms with Crippen molar-refractivity contribution in [1.29, 1.82) is 0 Å². The molecule has 0 bridgehead atoms. The van der Waals surface area contributed by atoms with Gasteiger partial charge in [-0.25, -0.2) is 0 Å². The lowest BCUT2D eigenvalue weighted by Gasteiger charge is -2.22. The molecule has 1 aliphatic heterocycles. The van der Waals surface area contributed by atoms with E-state index >= 15 is 0 Å². The van der Waals surface area contributed by atoms with Crippen LogP contribution in [0.1, 0.15) is 31.9 Å². The van der Waals surface area contributed by atoms with Crippen molar-refractivity contribution in [2.45, 2.75) is 32.6 Å². The standard InChI is InChI=1S/C13H24N4O/c1-3-5-11-12(14)13(17(2)16-11)15-8-10-6-4-7-18-9-10/h10,15H,3-9,14H2,1-2H3. The van der Waals surface area contributed by atoms with Gasteiger partial charge in [0.25, 0.3) is 0 Å². The number of nitrogens with one attached hydrogen (secondary N) is 1. The molecule has 0 saturated carbocycles. The Labute approximate surface area is 109 Å². The van der Waals surface area contributed by atoms with Crippen molar-refractivity contribution in [2.24, 2.45) is 13.0 Å². The van der Waals surface area contributed by atoms with Gasteiger partial charge in [0.1, 0.15) is 5.82 Å². The van der Waals surface area contributed by atoms with E-state index in [1.165, 1.54) is 6.42 Å². The molecule has 0 amide bonds. The van der Waals surface area contributed by atoms with Crippen LogP contribution in [0.2, 0.25) is 0 Å². The highest BCUT2D eigenvalue weighted by Gasteiger charge is 2.16. The monoisotopic (exact) mass is 252 g/mol. The van der Waals surface area contributed by atoms with E-state index in [-0.39, 0.29) is 0 Å². The van der Waals surface area contributed by atoms with Crippen LogP contribution < -0.4 is 11.1 Å². The number of aromatic nitrogens is 2. The van der Waals surface area contributed by atoms with E-state index < -0.39 is 0 Å². The average Bonchev–Trinajstić information content (AvgIpc) is 2.64. The maximum atomic E-state index is 6.13. The number of nitrogen functional groups attached to an aromatic ring is 1. The minimum absolute atomic E-state index is 0.586. The van der Waals surface area contributed by atoms with Crippen LogP contribution in [0.15, 0.2) is 0 Å². The van der Waals surface area contributed by atoms with Crippen LogP contribution in [0.5, 0.6) is 0 Å². The van der Waals surface area contributed by atoms with Crippen molar-refractivity contribution in [3.05, 3.63) is 5.69 Å². The molecule has 0 radical (unpaired) electrons. The van der Waals surface area contributed by atoms with Gasteiger partial charge in [-0.15, -0.1) is 0 Å². The molecule has 1 atom stereocenters. The van der Waals surface area contributed by atoms with Crippen LogP contribution >= 0.6 is 0 Å². The van der Waals surface area contributed by atoms with Crippen LogP contribution in [0.3, 0.4) is 0 Å². The second kappa shape index (κ2) is 6.09. The zero-order valence-electron chi connectivity index (χ0n) is 11.4. The molecule has 3 N–H and O–H groups in total. The summed E-state index contributed by atoms with van der Waals surface area (Å²) in [5.74, 6) is 1.53. The first kappa shape index (κ1) is 13.2. The number of aryl methyl sites for hydroxylation is 2. The van der Waals surface area contributed by atoms with E-state index in [0.29, 0.717) is 5.92 Å². The number of rotatable bonds is 5. The van der Waals surface area contributed by atoms with Crippen LogP contribution in [0, 0.1) is 5.92 Å². The Bertz CT molecular complexity index is 383. The lowest BCUT2D eigenvalue weighted by atomic mass is 10.0. The molecule has 18 heavy (non-hydrogen) atoms. The van der Waals surface area contributed by atoms with Crippen molar-refractivity contribution >= 4 is 11.5 Å². The molecular formula is C13H24N4O. The summed E-state index contributed by atoms with van der Waals surface area (Å²) >= 11 is 0. The number of nitrogens with two attached hydrogens (primary N) is 1. The molecule has 0 spiro atoms. The molecule has 1 aromatic heterocycles. The molecule has 2 heterocycles. The smallest absolute Gasteiger partial charge is 0.147 e. The fraction of sp³-hybridized carbons (Fsp3) is 0.769. The summed E-state index contributed by atoms with van der Waals surface area (Å²) in [5.41, 5.74) is 7.93. The van der Waals surface area contributed by atoms with E-state index in [4.69, 9.17) is 10.5 Å². The van der Waals surface area contributed by atoms with Crippen molar-refractivity contribution in [1.82, 2.24) is 9.78 Å². The van der Waals surface area contributed by atoms with E-state index in [0.717, 1.165) is 56.2 Å². The Kier molecular flexibility index (Phi) is 4.47. The number of ether oxygens (including phenoxy) is 1. The van der Waals surface area contributed by atoms with Gasteiger partial charge in [0.05, 0.1) is 18.0 Å². The highest BCUT2D eigenvalue weighted by molar-refractivity contribution is 5.65. The minimum atomic E-state index is 0.586. The molecule has 1 unspecified atom stereocenters. The molecule has 2 rings (SSSR count). The van der Waals surface area contributed by atoms with Gasteiger partial charge >= 0.3 is 0 Å². The molecule has 1 aromatic rings. The summed E-state index contributed by atoms with van der Waals surface area (Å²) in [5, 5.41) is 7.89. The van der Waals surface area contributed by atoms with E-state index in [1.807, 2.05) is 11.7 Å². The Morgan fingerprint density at radius 2 is 2.39 bits per heavy atom. The van der Waals surface area contributed by atoms with Gasteiger partial charge in [0.15, 0.2) is 0 Å². The van der Waals surface area contributed by atoms with Crippen molar-refractivity contribution in [3.8, 4) is 0 Å². The van der Waals surface area contributed by atoms with Gasteiger partial charge in [-0.3, -0.25) is 4.68 Å². The lowest BCUT2D eigenvalue weighted by molar-refractivity contribution is 0.0594. The van der Waals surface area contributed by atoms with E-state index in [1.54, 1.807) is 0 Å². The Morgan fingerprint density at radius 1 is 1.56 bits per heavy atom. The summed E-state index contributed by atoms with van der Waals surface area (Å²) in [7, 11) is 1.94. The highest BCUT2D eigenvalue weighted by Crippen LogP contribution is 2.24. The van der Waals surface area contributed by atoms with Crippen LogP contribution in [0.4, 0.5) is 11.5 Å². The highest BCUT2D eigenvalue weighted by atomic mass is 16.5. The zero-order valence-corrected chi connectivity index (χ0v) is 11.4. The van der Waals surface area contributed by atoms with Gasteiger partial charge in [-0.2, -0.15) is 5.10 Å². The number of hydrogen-bond donors (Lipinski definition) is 2. The van der Waals surface area contributed by atoms with Crippen LogP contribution in [-0.2, 0) is 18.2 Å². The summed E-state index contributed by atoms with van der Waals surface area (Å²) in [6, 6.07) is 0. The fourth-order valence-electron chi connectivity index (χ4n) is 2.44. The third kappa shape index (κ3) is 2.96. The predicted octanol–water partition coefficient (Wildman–Crippen LogP) is 1.79. The molecular weight excluding hydrogens is 228 g/mol. The normalized spacial score (nSPS) is 20.0. The van der Waals surface area contributed by atoms with Crippen molar-refractivity contribution in [3.63, 3.8) is 0 Å². The van der Waals surface area contributed by atoms with Gasteiger partial charge < -0.3 is 15.8 Å². The molecule has 0 aromatic carbocycles. The third-order valence-electron chi connectivity index (χ3n) is 3.46. The van der Waals surface area contributed by atoms with Gasteiger partial charge in [0, 0.05) is 20.2 Å². The predicted molar refractivity (Wildman–Crippen MR) is 73.6 cm³/mol. The Morgan fingerprint density at radius 3 is 3.06 bits per heavy atom. The summed E-state index contributed by atoms with van der Waals surface area (Å²) in [4.78, 5) is 0. The average molecular weight is 252 g/mol. The molecule has 1 aliphatic rings.